The van der Waals surface area contributed by atoms with Crippen LogP contribution in [-0.2, 0) is 10.0 Å². The fourth-order valence-corrected chi connectivity index (χ4v) is 3.43. The second-order valence-corrected chi connectivity index (χ2v) is 6.66. The van der Waals surface area contributed by atoms with Gasteiger partial charge in [0.05, 0.1) is 10.6 Å². The average molecular weight is 365 g/mol. The van der Waals surface area contributed by atoms with Gasteiger partial charge >= 0.3 is 0 Å². The Morgan fingerprint density at radius 2 is 1.89 bits per heavy atom. The molecular weight excluding hydrogens is 357 g/mol. The van der Waals surface area contributed by atoms with E-state index >= 15 is 0 Å². The maximum atomic E-state index is 13.0. The number of anilines is 1. The van der Waals surface area contributed by atoms with Gasteiger partial charge in [-0.25, -0.2) is 12.8 Å². The van der Waals surface area contributed by atoms with Gasteiger partial charge in [-0.05, 0) is 52.3 Å². The molecule has 0 saturated heterocycles. The van der Waals surface area contributed by atoms with Crippen LogP contribution in [0.3, 0.4) is 0 Å². The van der Waals surface area contributed by atoms with Crippen molar-refractivity contribution in [3.8, 4) is 0 Å². The minimum Gasteiger partial charge on any atom is -0.278 e. The minimum atomic E-state index is -3.83. The van der Waals surface area contributed by atoms with E-state index in [1.54, 1.807) is 12.1 Å². The van der Waals surface area contributed by atoms with Gasteiger partial charge in [-0.3, -0.25) is 4.72 Å². The molecule has 100 valence electrons. The molecule has 0 amide bonds. The number of hydrogen-bond acceptors (Lipinski definition) is 2. The van der Waals surface area contributed by atoms with Gasteiger partial charge in [0, 0.05) is 9.50 Å². The highest BCUT2D eigenvalue weighted by molar-refractivity contribution is 9.10. The Kier molecular flexibility index (Phi) is 4.13. The van der Waals surface area contributed by atoms with Gasteiger partial charge in [-0.1, -0.05) is 17.7 Å². The lowest BCUT2D eigenvalue weighted by atomic mass is 10.3. The number of halogens is 3. The zero-order valence-electron chi connectivity index (χ0n) is 9.40. The summed E-state index contributed by atoms with van der Waals surface area (Å²) in [6.45, 7) is 0. The lowest BCUT2D eigenvalue weighted by Gasteiger charge is -2.10. The lowest BCUT2D eigenvalue weighted by Crippen LogP contribution is -2.13. The van der Waals surface area contributed by atoms with Gasteiger partial charge in [-0.2, -0.15) is 0 Å². The molecule has 0 spiro atoms. The standard InChI is InChI=1S/C12H8BrClFNO2S/c13-11-6-8(14)4-5-12(11)16-19(17,18)10-3-1-2-9(15)7-10/h1-7,16H. The van der Waals surface area contributed by atoms with Crippen molar-refractivity contribution in [2.45, 2.75) is 4.90 Å². The van der Waals surface area contributed by atoms with Crippen molar-refractivity contribution in [3.05, 3.63) is 57.8 Å². The number of nitrogens with one attached hydrogen (secondary N) is 1. The van der Waals surface area contributed by atoms with Crippen LogP contribution in [0, 0.1) is 5.82 Å². The second-order valence-electron chi connectivity index (χ2n) is 3.69. The Hall–Kier alpha value is -1.11. The van der Waals surface area contributed by atoms with Gasteiger partial charge in [0.15, 0.2) is 0 Å². The van der Waals surface area contributed by atoms with Crippen LogP contribution in [0.1, 0.15) is 0 Å². The van der Waals surface area contributed by atoms with Crippen molar-refractivity contribution in [2.75, 3.05) is 4.72 Å². The molecule has 1 N–H and O–H groups in total. The van der Waals surface area contributed by atoms with Crippen LogP contribution < -0.4 is 4.72 Å². The predicted octanol–water partition coefficient (Wildman–Crippen LogP) is 4.04. The first-order valence-corrected chi connectivity index (χ1v) is 7.77. The Labute approximate surface area is 123 Å². The molecule has 0 bridgehead atoms. The summed E-state index contributed by atoms with van der Waals surface area (Å²) in [6.07, 6.45) is 0. The van der Waals surface area contributed by atoms with Crippen LogP contribution in [0.4, 0.5) is 10.1 Å². The minimum absolute atomic E-state index is 0.144. The third kappa shape index (κ3) is 3.46. The van der Waals surface area contributed by atoms with Gasteiger partial charge in [0.1, 0.15) is 5.82 Å². The first kappa shape index (κ1) is 14.3. The van der Waals surface area contributed by atoms with Crippen molar-refractivity contribution < 1.29 is 12.8 Å². The first-order valence-electron chi connectivity index (χ1n) is 5.12. The zero-order valence-corrected chi connectivity index (χ0v) is 12.6. The average Bonchev–Trinajstić information content (AvgIpc) is 2.33. The number of rotatable bonds is 3. The van der Waals surface area contributed by atoms with Crippen LogP contribution in [0.25, 0.3) is 0 Å². The highest BCUT2D eigenvalue weighted by Gasteiger charge is 2.16. The second kappa shape index (κ2) is 5.48. The summed E-state index contributed by atoms with van der Waals surface area (Å²) in [7, 11) is -3.83. The fraction of sp³-hybridized carbons (Fsp3) is 0. The van der Waals surface area contributed by atoms with Crippen LogP contribution in [0.2, 0.25) is 5.02 Å². The molecule has 0 atom stereocenters. The lowest BCUT2D eigenvalue weighted by molar-refractivity contribution is 0.595. The summed E-state index contributed by atoms with van der Waals surface area (Å²) in [5, 5.41) is 0.473. The number of hydrogen-bond donors (Lipinski definition) is 1. The topological polar surface area (TPSA) is 46.2 Å². The molecule has 0 radical (unpaired) electrons. The summed E-state index contributed by atoms with van der Waals surface area (Å²) < 4.78 is 40.0. The summed E-state index contributed by atoms with van der Waals surface area (Å²) in [4.78, 5) is -0.144. The van der Waals surface area contributed by atoms with Crippen molar-refractivity contribution in [1.29, 1.82) is 0 Å². The van der Waals surface area contributed by atoms with E-state index in [9.17, 15) is 12.8 Å². The summed E-state index contributed by atoms with van der Waals surface area (Å²) in [5.74, 6) is -0.613. The molecule has 0 heterocycles. The Morgan fingerprint density at radius 1 is 1.16 bits per heavy atom. The smallest absolute Gasteiger partial charge is 0.262 e. The van der Waals surface area contributed by atoms with E-state index in [0.717, 1.165) is 6.07 Å². The summed E-state index contributed by atoms with van der Waals surface area (Å²) in [5.41, 5.74) is 0.327. The van der Waals surface area contributed by atoms with Crippen molar-refractivity contribution in [3.63, 3.8) is 0 Å². The van der Waals surface area contributed by atoms with Crippen LogP contribution in [-0.4, -0.2) is 8.42 Å². The molecule has 2 rings (SSSR count). The van der Waals surface area contributed by atoms with Gasteiger partial charge in [0.2, 0.25) is 0 Å². The highest BCUT2D eigenvalue weighted by atomic mass is 79.9. The van der Waals surface area contributed by atoms with Crippen molar-refractivity contribution in [1.82, 2.24) is 0 Å². The van der Waals surface area contributed by atoms with E-state index < -0.39 is 15.8 Å². The largest absolute Gasteiger partial charge is 0.278 e. The van der Waals surface area contributed by atoms with E-state index in [0.29, 0.717) is 15.2 Å². The van der Waals surface area contributed by atoms with Gasteiger partial charge in [0.25, 0.3) is 10.0 Å². The highest BCUT2D eigenvalue weighted by Crippen LogP contribution is 2.28. The van der Waals surface area contributed by atoms with Crippen LogP contribution in [0.15, 0.2) is 51.8 Å². The first-order chi connectivity index (χ1) is 8.88. The molecule has 0 aromatic heterocycles. The quantitative estimate of drug-likeness (QED) is 0.893. The summed E-state index contributed by atoms with van der Waals surface area (Å²) in [6, 6.07) is 9.41. The molecule has 19 heavy (non-hydrogen) atoms. The van der Waals surface area contributed by atoms with E-state index in [4.69, 9.17) is 11.6 Å². The van der Waals surface area contributed by atoms with E-state index in [2.05, 4.69) is 20.7 Å². The van der Waals surface area contributed by atoms with Crippen molar-refractivity contribution >= 4 is 43.2 Å². The van der Waals surface area contributed by atoms with E-state index in [1.807, 2.05) is 0 Å². The normalized spacial score (nSPS) is 11.3. The predicted molar refractivity (Wildman–Crippen MR) is 76.4 cm³/mol. The monoisotopic (exact) mass is 363 g/mol. The number of sulfonamides is 1. The van der Waals surface area contributed by atoms with E-state index in [1.165, 1.54) is 24.3 Å². The zero-order chi connectivity index (χ0) is 14.0. The molecule has 3 nitrogen and oxygen atoms in total. The molecule has 0 fully saturated rings. The molecule has 2 aromatic rings. The Morgan fingerprint density at radius 3 is 2.53 bits per heavy atom. The molecule has 0 aliphatic heterocycles. The summed E-state index contributed by atoms with van der Waals surface area (Å²) >= 11 is 8.97. The Bertz CT molecular complexity index is 721. The van der Waals surface area contributed by atoms with Crippen LogP contribution in [0.5, 0.6) is 0 Å². The number of benzene rings is 2. The molecule has 0 aliphatic carbocycles. The fourth-order valence-electron chi connectivity index (χ4n) is 1.41. The third-order valence-corrected chi connectivity index (χ3v) is 4.54. The maximum Gasteiger partial charge on any atom is 0.262 e. The molecule has 0 unspecified atom stereocenters. The van der Waals surface area contributed by atoms with Gasteiger partial charge in [-0.15, -0.1) is 0 Å². The molecule has 2 aromatic carbocycles. The van der Waals surface area contributed by atoms with Crippen LogP contribution >= 0.6 is 27.5 Å². The van der Waals surface area contributed by atoms with Crippen molar-refractivity contribution in [2.24, 2.45) is 0 Å². The SMILES string of the molecule is O=S(=O)(Nc1ccc(Cl)cc1Br)c1cccc(F)c1. The molecule has 0 aliphatic rings. The Balaban J connectivity index is 2.36. The molecular formula is C12H8BrClFNO2S. The maximum absolute atomic E-state index is 13.0. The molecule has 0 saturated carbocycles. The molecule has 7 heteroatoms. The third-order valence-electron chi connectivity index (χ3n) is 2.28. The van der Waals surface area contributed by atoms with Gasteiger partial charge < -0.3 is 0 Å². The van der Waals surface area contributed by atoms with E-state index in [-0.39, 0.29) is 4.90 Å².